The number of amides is 2. The van der Waals surface area contributed by atoms with E-state index >= 15 is 0 Å². The molecule has 0 atom stereocenters. The summed E-state index contributed by atoms with van der Waals surface area (Å²) in [5.74, 6) is -0.156. The predicted molar refractivity (Wildman–Crippen MR) is 151 cm³/mol. The molecule has 38 heavy (non-hydrogen) atoms. The first kappa shape index (κ1) is 30.1. The summed E-state index contributed by atoms with van der Waals surface area (Å²) < 4.78 is 28.2. The molecule has 2 aromatic carbocycles. The van der Waals surface area contributed by atoms with Crippen molar-refractivity contribution >= 4 is 33.4 Å². The molecule has 208 valence electrons. The van der Waals surface area contributed by atoms with Gasteiger partial charge in [-0.2, -0.15) is 4.31 Å². The molecular formula is C29H40ClN3O4S. The van der Waals surface area contributed by atoms with E-state index in [9.17, 15) is 18.0 Å². The highest BCUT2D eigenvalue weighted by Crippen LogP contribution is 2.26. The number of halogens is 1. The van der Waals surface area contributed by atoms with Crippen LogP contribution in [0.1, 0.15) is 58.1 Å². The van der Waals surface area contributed by atoms with Gasteiger partial charge >= 0.3 is 0 Å². The lowest BCUT2D eigenvalue weighted by Crippen LogP contribution is -2.52. The van der Waals surface area contributed by atoms with Crippen LogP contribution in [-0.4, -0.2) is 66.6 Å². The zero-order valence-corrected chi connectivity index (χ0v) is 24.7. The first-order valence-corrected chi connectivity index (χ1v) is 15.0. The number of aryl methyl sites for hydroxylation is 1. The maximum atomic E-state index is 13.8. The van der Waals surface area contributed by atoms with Gasteiger partial charge in [0.2, 0.25) is 21.8 Å². The lowest BCUT2D eigenvalue weighted by Gasteiger charge is -2.41. The Hall–Kier alpha value is -2.42. The van der Waals surface area contributed by atoms with E-state index in [1.54, 1.807) is 35.2 Å². The number of benzene rings is 2. The minimum atomic E-state index is -3.84. The van der Waals surface area contributed by atoms with E-state index in [1.165, 1.54) is 4.31 Å². The predicted octanol–water partition coefficient (Wildman–Crippen LogP) is 5.12. The molecule has 1 saturated heterocycles. The molecule has 3 rings (SSSR count). The van der Waals surface area contributed by atoms with Crippen LogP contribution in [-0.2, 0) is 26.2 Å². The highest BCUT2D eigenvalue weighted by atomic mass is 35.5. The molecule has 2 aromatic rings. The van der Waals surface area contributed by atoms with Crippen LogP contribution in [0.4, 0.5) is 0 Å². The summed E-state index contributed by atoms with van der Waals surface area (Å²) in [7, 11) is -3.84. The summed E-state index contributed by atoms with van der Waals surface area (Å²) in [5, 5.41) is 0.579. The van der Waals surface area contributed by atoms with Crippen molar-refractivity contribution in [2.45, 2.75) is 71.4 Å². The van der Waals surface area contributed by atoms with Gasteiger partial charge in [-0.05, 0) is 56.0 Å². The van der Waals surface area contributed by atoms with E-state index in [2.05, 4.69) is 0 Å². The van der Waals surface area contributed by atoms with E-state index in [-0.39, 0.29) is 35.8 Å². The largest absolute Gasteiger partial charge is 0.342 e. The average Bonchev–Trinajstić information content (AvgIpc) is 2.86. The highest BCUT2D eigenvalue weighted by molar-refractivity contribution is 7.89. The highest BCUT2D eigenvalue weighted by Gasteiger charge is 2.35. The van der Waals surface area contributed by atoms with Gasteiger partial charge in [0.05, 0.1) is 11.4 Å². The van der Waals surface area contributed by atoms with Gasteiger partial charge in [-0.1, -0.05) is 69.1 Å². The van der Waals surface area contributed by atoms with Crippen molar-refractivity contribution in [3.63, 3.8) is 0 Å². The third kappa shape index (κ3) is 7.58. The van der Waals surface area contributed by atoms with Crippen LogP contribution in [0.15, 0.2) is 53.4 Å². The minimum Gasteiger partial charge on any atom is -0.342 e. The molecule has 0 aromatic heterocycles. The van der Waals surface area contributed by atoms with Gasteiger partial charge in [0, 0.05) is 42.7 Å². The van der Waals surface area contributed by atoms with Crippen molar-refractivity contribution in [1.29, 1.82) is 0 Å². The van der Waals surface area contributed by atoms with Gasteiger partial charge in [-0.3, -0.25) is 9.59 Å². The van der Waals surface area contributed by atoms with Gasteiger partial charge in [0.15, 0.2) is 0 Å². The summed E-state index contributed by atoms with van der Waals surface area (Å²) in [5.41, 5.74) is 1.38. The standard InChI is InChI=1S/C29H40ClN3O4S/c1-6-16-32(38(36,37)26-12-10-22(2)11-13-26)21-27(34)33(20-23-8-7-9-24(30)19-23)25-14-17-31(18-15-25)28(35)29(3,4)5/h7-13,19,25H,6,14-18,20-21H2,1-5H3. The fraction of sp³-hybridized carbons (Fsp3) is 0.517. The summed E-state index contributed by atoms with van der Waals surface area (Å²) >= 11 is 6.22. The molecule has 0 unspecified atom stereocenters. The molecule has 0 aliphatic carbocycles. The molecule has 0 saturated carbocycles. The molecule has 7 nitrogen and oxygen atoms in total. The maximum Gasteiger partial charge on any atom is 0.243 e. The smallest absolute Gasteiger partial charge is 0.243 e. The molecule has 0 spiro atoms. The zero-order chi connectivity index (χ0) is 28.1. The van der Waals surface area contributed by atoms with Gasteiger partial charge in [-0.15, -0.1) is 0 Å². The Balaban J connectivity index is 1.84. The first-order chi connectivity index (χ1) is 17.8. The Morgan fingerprint density at radius 2 is 1.68 bits per heavy atom. The van der Waals surface area contributed by atoms with Crippen LogP contribution >= 0.6 is 11.6 Å². The molecule has 1 heterocycles. The second kappa shape index (κ2) is 12.6. The first-order valence-electron chi connectivity index (χ1n) is 13.2. The number of carbonyl (C=O) groups is 2. The molecule has 9 heteroatoms. The average molecular weight is 562 g/mol. The molecule has 0 bridgehead atoms. The fourth-order valence-corrected chi connectivity index (χ4v) is 6.44. The van der Waals surface area contributed by atoms with Gasteiger partial charge in [-0.25, -0.2) is 8.42 Å². The Kier molecular flexibility index (Phi) is 10.0. The number of sulfonamides is 1. The van der Waals surface area contributed by atoms with E-state index in [0.717, 1.165) is 11.1 Å². The zero-order valence-electron chi connectivity index (χ0n) is 23.1. The SMILES string of the molecule is CCCN(CC(=O)N(Cc1cccc(Cl)c1)C1CCN(C(=O)C(C)(C)C)CC1)S(=O)(=O)c1ccc(C)cc1. The van der Waals surface area contributed by atoms with Gasteiger partial charge in [0.1, 0.15) is 0 Å². The lowest BCUT2D eigenvalue weighted by atomic mass is 9.92. The third-order valence-corrected chi connectivity index (χ3v) is 8.93. The number of nitrogens with zero attached hydrogens (tertiary/aromatic N) is 3. The topological polar surface area (TPSA) is 78.0 Å². The van der Waals surface area contributed by atoms with Crippen LogP contribution in [0.3, 0.4) is 0 Å². The number of piperidine rings is 1. The monoisotopic (exact) mass is 561 g/mol. The van der Waals surface area contributed by atoms with Crippen molar-refractivity contribution in [2.24, 2.45) is 5.41 Å². The van der Waals surface area contributed by atoms with Gasteiger partial charge in [0.25, 0.3) is 0 Å². The number of hydrogen-bond acceptors (Lipinski definition) is 4. The van der Waals surface area contributed by atoms with Crippen LogP contribution < -0.4 is 0 Å². The second-order valence-electron chi connectivity index (χ2n) is 11.1. The van der Waals surface area contributed by atoms with E-state index in [0.29, 0.717) is 43.9 Å². The lowest BCUT2D eigenvalue weighted by molar-refractivity contribution is -0.142. The van der Waals surface area contributed by atoms with Crippen molar-refractivity contribution in [3.05, 3.63) is 64.7 Å². The van der Waals surface area contributed by atoms with Crippen LogP contribution in [0.5, 0.6) is 0 Å². The quantitative estimate of drug-likeness (QED) is 0.426. The Bertz CT molecular complexity index is 1220. The van der Waals surface area contributed by atoms with Crippen molar-refractivity contribution < 1.29 is 18.0 Å². The third-order valence-electron chi connectivity index (χ3n) is 6.84. The summed E-state index contributed by atoms with van der Waals surface area (Å²) in [6, 6.07) is 13.9. The van der Waals surface area contributed by atoms with Crippen molar-refractivity contribution in [3.8, 4) is 0 Å². The molecule has 1 aliphatic heterocycles. The van der Waals surface area contributed by atoms with Crippen molar-refractivity contribution in [1.82, 2.24) is 14.1 Å². The molecule has 2 amide bonds. The summed E-state index contributed by atoms with van der Waals surface area (Å²) in [6.07, 6.45) is 1.85. The number of hydrogen-bond donors (Lipinski definition) is 0. The Labute approximate surface area is 232 Å². The second-order valence-corrected chi connectivity index (χ2v) is 13.5. The molecule has 0 N–H and O–H groups in total. The number of likely N-dealkylation sites (tertiary alicyclic amines) is 1. The Morgan fingerprint density at radius 3 is 2.24 bits per heavy atom. The maximum absolute atomic E-state index is 13.8. The van der Waals surface area contributed by atoms with Crippen LogP contribution in [0, 0.1) is 12.3 Å². The number of rotatable bonds is 9. The van der Waals surface area contributed by atoms with Crippen LogP contribution in [0.25, 0.3) is 0 Å². The van der Waals surface area contributed by atoms with E-state index in [1.807, 2.05) is 57.7 Å². The molecule has 1 aliphatic rings. The molecular weight excluding hydrogens is 522 g/mol. The number of carbonyl (C=O) groups excluding carboxylic acids is 2. The molecule has 1 fully saturated rings. The normalized spacial score (nSPS) is 15.1. The van der Waals surface area contributed by atoms with Gasteiger partial charge < -0.3 is 9.80 Å². The Morgan fingerprint density at radius 1 is 1.05 bits per heavy atom. The van der Waals surface area contributed by atoms with Crippen LogP contribution in [0.2, 0.25) is 5.02 Å². The van der Waals surface area contributed by atoms with E-state index < -0.39 is 15.4 Å². The van der Waals surface area contributed by atoms with E-state index in [4.69, 9.17) is 11.6 Å². The van der Waals surface area contributed by atoms with Crippen molar-refractivity contribution in [2.75, 3.05) is 26.2 Å². The summed E-state index contributed by atoms with van der Waals surface area (Å²) in [4.78, 5) is 30.5. The summed E-state index contributed by atoms with van der Waals surface area (Å²) in [6.45, 7) is 11.0. The minimum absolute atomic E-state index is 0.0991. The fourth-order valence-electron chi connectivity index (χ4n) is 4.74. The molecule has 0 radical (unpaired) electrons.